The third-order valence-electron chi connectivity index (χ3n) is 4.57. The van der Waals surface area contributed by atoms with Crippen molar-refractivity contribution in [2.75, 3.05) is 19.6 Å². The summed E-state index contributed by atoms with van der Waals surface area (Å²) in [4.78, 5) is 14.7. The minimum Gasteiger partial charge on any atom is -0.302 e. The zero-order valence-corrected chi connectivity index (χ0v) is 13.2. The van der Waals surface area contributed by atoms with Crippen molar-refractivity contribution in [2.45, 2.75) is 25.7 Å². The van der Waals surface area contributed by atoms with Crippen molar-refractivity contribution < 1.29 is 4.79 Å². The fourth-order valence-electron chi connectivity index (χ4n) is 3.18. The normalized spacial score (nSPS) is 18.5. The number of likely N-dealkylation sites (tertiary alicyclic amines) is 1. The van der Waals surface area contributed by atoms with Crippen LogP contribution in [0, 0.1) is 6.92 Å². The van der Waals surface area contributed by atoms with Crippen LogP contribution in [-0.2, 0) is 0 Å². The van der Waals surface area contributed by atoms with Crippen LogP contribution in [0.3, 0.4) is 0 Å². The van der Waals surface area contributed by atoms with Gasteiger partial charge in [0.25, 0.3) is 0 Å². The topological polar surface area (TPSA) is 20.3 Å². The van der Waals surface area contributed by atoms with Crippen molar-refractivity contribution in [3.8, 4) is 0 Å². The lowest BCUT2D eigenvalue weighted by molar-refractivity contribution is 0.0968. The molecule has 0 radical (unpaired) electrons. The van der Waals surface area contributed by atoms with Gasteiger partial charge in [-0.3, -0.25) is 4.79 Å². The first-order chi connectivity index (χ1) is 10.7. The van der Waals surface area contributed by atoms with Crippen molar-refractivity contribution >= 4 is 5.78 Å². The highest BCUT2D eigenvalue weighted by Gasteiger charge is 2.23. The first-order valence-electron chi connectivity index (χ1n) is 8.09. The van der Waals surface area contributed by atoms with E-state index in [1.807, 2.05) is 31.2 Å². The van der Waals surface area contributed by atoms with Gasteiger partial charge in [-0.25, -0.2) is 0 Å². The van der Waals surface area contributed by atoms with E-state index in [1.165, 1.54) is 17.5 Å². The molecular formula is C20H23NO. The summed E-state index contributed by atoms with van der Waals surface area (Å²) in [6.07, 6.45) is 1.81. The van der Waals surface area contributed by atoms with Gasteiger partial charge in [0.2, 0.25) is 0 Å². The Morgan fingerprint density at radius 2 is 1.82 bits per heavy atom. The lowest BCUT2D eigenvalue weighted by Crippen LogP contribution is -2.23. The van der Waals surface area contributed by atoms with E-state index in [2.05, 4.69) is 35.2 Å². The Kier molecular flexibility index (Phi) is 4.69. The first-order valence-corrected chi connectivity index (χ1v) is 8.09. The molecule has 3 rings (SSSR count). The molecule has 1 fully saturated rings. The average molecular weight is 293 g/mol. The van der Waals surface area contributed by atoms with Crippen LogP contribution < -0.4 is 0 Å². The summed E-state index contributed by atoms with van der Waals surface area (Å²) in [5, 5.41) is 0. The fourth-order valence-corrected chi connectivity index (χ4v) is 3.18. The quantitative estimate of drug-likeness (QED) is 0.775. The van der Waals surface area contributed by atoms with Crippen molar-refractivity contribution in [3.05, 3.63) is 71.3 Å². The Morgan fingerprint density at radius 1 is 1.09 bits per heavy atom. The van der Waals surface area contributed by atoms with Crippen LogP contribution in [0.25, 0.3) is 0 Å². The summed E-state index contributed by atoms with van der Waals surface area (Å²) >= 11 is 0. The predicted octanol–water partition coefficient (Wildman–Crippen LogP) is 4.06. The second kappa shape index (κ2) is 6.89. The number of benzene rings is 2. The van der Waals surface area contributed by atoms with Gasteiger partial charge in [0.05, 0.1) is 0 Å². The molecule has 2 nitrogen and oxygen atoms in total. The molecule has 1 heterocycles. The molecule has 22 heavy (non-hydrogen) atoms. The molecule has 0 saturated carbocycles. The molecule has 0 aromatic heterocycles. The molecule has 0 spiro atoms. The van der Waals surface area contributed by atoms with Crippen LogP contribution in [0.5, 0.6) is 0 Å². The molecule has 0 unspecified atom stereocenters. The van der Waals surface area contributed by atoms with Crippen molar-refractivity contribution in [2.24, 2.45) is 0 Å². The van der Waals surface area contributed by atoms with Gasteiger partial charge in [-0.15, -0.1) is 0 Å². The molecule has 1 aliphatic heterocycles. The minimum atomic E-state index is 0.253. The number of Topliss-reactive ketones (excluding diaryl/α,β-unsaturated/α-hetero) is 1. The van der Waals surface area contributed by atoms with Crippen LogP contribution in [0.4, 0.5) is 0 Å². The molecular weight excluding hydrogens is 270 g/mol. The van der Waals surface area contributed by atoms with Crippen LogP contribution in [-0.4, -0.2) is 30.3 Å². The summed E-state index contributed by atoms with van der Waals surface area (Å²) in [6.45, 7) is 5.09. The van der Waals surface area contributed by atoms with Crippen molar-refractivity contribution in [1.82, 2.24) is 4.90 Å². The number of carbonyl (C=O) groups excluding carboxylic acids is 1. The van der Waals surface area contributed by atoms with Gasteiger partial charge in [-0.05, 0) is 31.4 Å². The monoisotopic (exact) mass is 293 g/mol. The first kappa shape index (κ1) is 15.0. The van der Waals surface area contributed by atoms with Crippen LogP contribution in [0.15, 0.2) is 54.6 Å². The van der Waals surface area contributed by atoms with Crippen molar-refractivity contribution in [1.29, 1.82) is 0 Å². The smallest absolute Gasteiger partial charge is 0.164 e. The minimum absolute atomic E-state index is 0.253. The molecule has 0 amide bonds. The molecule has 2 aromatic rings. The van der Waals surface area contributed by atoms with Gasteiger partial charge in [0.15, 0.2) is 5.78 Å². The van der Waals surface area contributed by atoms with Crippen molar-refractivity contribution in [3.63, 3.8) is 0 Å². The maximum absolute atomic E-state index is 12.2. The van der Waals surface area contributed by atoms with Gasteiger partial charge < -0.3 is 4.90 Å². The molecule has 114 valence electrons. The molecule has 2 heteroatoms. The van der Waals surface area contributed by atoms with E-state index in [9.17, 15) is 4.79 Å². The molecule has 1 saturated heterocycles. The van der Waals surface area contributed by atoms with E-state index in [1.54, 1.807) is 0 Å². The number of rotatable bonds is 5. The summed E-state index contributed by atoms with van der Waals surface area (Å²) in [5.74, 6) is 0.874. The van der Waals surface area contributed by atoms with E-state index in [0.29, 0.717) is 12.3 Å². The predicted molar refractivity (Wildman–Crippen MR) is 90.4 cm³/mol. The number of carbonyl (C=O) groups is 1. The number of hydrogen-bond acceptors (Lipinski definition) is 2. The Labute approximate surface area is 132 Å². The highest BCUT2D eigenvalue weighted by Crippen LogP contribution is 2.26. The van der Waals surface area contributed by atoms with E-state index >= 15 is 0 Å². The standard InChI is InChI=1S/C20H23NO/c1-16-7-9-18(10-8-16)20(22)12-14-21-13-11-19(15-21)17-5-3-2-4-6-17/h2-10,19H,11-15H2,1H3/t19-/m1/s1. The highest BCUT2D eigenvalue weighted by molar-refractivity contribution is 5.96. The molecule has 0 aliphatic carbocycles. The molecule has 1 aliphatic rings. The van der Waals surface area contributed by atoms with E-state index < -0.39 is 0 Å². The maximum atomic E-state index is 12.2. The lowest BCUT2D eigenvalue weighted by atomic mass is 9.99. The number of hydrogen-bond donors (Lipinski definition) is 0. The molecule has 2 aromatic carbocycles. The second-order valence-corrected chi connectivity index (χ2v) is 6.24. The number of ketones is 1. The summed E-state index contributed by atoms with van der Waals surface area (Å²) in [5.41, 5.74) is 3.46. The zero-order valence-electron chi connectivity index (χ0n) is 13.2. The summed E-state index contributed by atoms with van der Waals surface area (Å²) in [7, 11) is 0. The molecule has 0 N–H and O–H groups in total. The summed E-state index contributed by atoms with van der Waals surface area (Å²) < 4.78 is 0. The number of aryl methyl sites for hydroxylation is 1. The Hall–Kier alpha value is -1.93. The van der Waals surface area contributed by atoms with Gasteiger partial charge >= 0.3 is 0 Å². The van der Waals surface area contributed by atoms with E-state index in [0.717, 1.165) is 25.2 Å². The van der Waals surface area contributed by atoms with E-state index in [4.69, 9.17) is 0 Å². The van der Waals surface area contributed by atoms with Gasteiger partial charge in [0, 0.05) is 25.1 Å². The highest BCUT2D eigenvalue weighted by atomic mass is 16.1. The average Bonchev–Trinajstić information content (AvgIpc) is 3.03. The summed E-state index contributed by atoms with van der Waals surface area (Å²) in [6, 6.07) is 18.6. The Balaban J connectivity index is 1.50. The van der Waals surface area contributed by atoms with Gasteiger partial charge in [-0.1, -0.05) is 60.2 Å². The molecule has 0 bridgehead atoms. The fraction of sp³-hybridized carbons (Fsp3) is 0.350. The Bertz CT molecular complexity index is 618. The Morgan fingerprint density at radius 3 is 2.55 bits per heavy atom. The maximum Gasteiger partial charge on any atom is 0.164 e. The third kappa shape index (κ3) is 3.63. The van der Waals surface area contributed by atoms with E-state index in [-0.39, 0.29) is 5.78 Å². The van der Waals surface area contributed by atoms with Gasteiger partial charge in [-0.2, -0.15) is 0 Å². The third-order valence-corrected chi connectivity index (χ3v) is 4.57. The zero-order chi connectivity index (χ0) is 15.4. The molecule has 1 atom stereocenters. The second-order valence-electron chi connectivity index (χ2n) is 6.24. The largest absolute Gasteiger partial charge is 0.302 e. The SMILES string of the molecule is Cc1ccc(C(=O)CCN2CC[C@@H](c3ccccc3)C2)cc1. The number of nitrogens with zero attached hydrogens (tertiary/aromatic N) is 1. The lowest BCUT2D eigenvalue weighted by Gasteiger charge is -2.15. The van der Waals surface area contributed by atoms with Crippen LogP contribution in [0.2, 0.25) is 0 Å². The van der Waals surface area contributed by atoms with Crippen LogP contribution in [0.1, 0.15) is 40.2 Å². The van der Waals surface area contributed by atoms with Crippen LogP contribution >= 0.6 is 0 Å². The van der Waals surface area contributed by atoms with Gasteiger partial charge in [0.1, 0.15) is 0 Å².